The van der Waals surface area contributed by atoms with Crippen LogP contribution in [0.1, 0.15) is 4.88 Å². The fourth-order valence-corrected chi connectivity index (χ4v) is 2.38. The Balaban J connectivity index is 2.40. The Morgan fingerprint density at radius 3 is 3.14 bits per heavy atom. The molecule has 0 saturated carbocycles. The van der Waals surface area contributed by atoms with Gasteiger partial charge in [0.1, 0.15) is 0 Å². The van der Waals surface area contributed by atoms with E-state index < -0.39 is 0 Å². The molecule has 14 heavy (non-hydrogen) atoms. The van der Waals surface area contributed by atoms with Gasteiger partial charge in [-0.05, 0) is 49.7 Å². The number of aromatic nitrogens is 1. The van der Waals surface area contributed by atoms with Crippen molar-refractivity contribution in [3.63, 3.8) is 0 Å². The fourth-order valence-electron chi connectivity index (χ4n) is 1.38. The molecule has 2 aromatic rings. The second-order valence-electron chi connectivity index (χ2n) is 3.12. The van der Waals surface area contributed by atoms with Gasteiger partial charge in [0.2, 0.25) is 0 Å². The maximum atomic E-state index is 5.94. The predicted molar refractivity (Wildman–Crippen MR) is 62.3 cm³/mol. The van der Waals surface area contributed by atoms with Crippen LogP contribution in [0.15, 0.2) is 18.2 Å². The molecule has 0 aliphatic rings. The van der Waals surface area contributed by atoms with E-state index in [4.69, 9.17) is 11.6 Å². The molecule has 4 heteroatoms. The zero-order valence-electron chi connectivity index (χ0n) is 7.88. The molecule has 0 unspecified atom stereocenters. The van der Waals surface area contributed by atoms with Crippen LogP contribution in [0.5, 0.6) is 0 Å². The van der Waals surface area contributed by atoms with Crippen molar-refractivity contribution < 1.29 is 0 Å². The second kappa shape index (κ2) is 4.26. The smallest absolute Gasteiger partial charge is 0.0844 e. The third-order valence-corrected chi connectivity index (χ3v) is 3.28. The summed E-state index contributed by atoms with van der Waals surface area (Å²) >= 11 is 7.51. The Kier molecular flexibility index (Phi) is 3.01. The summed E-state index contributed by atoms with van der Waals surface area (Å²) in [6.45, 7) is 0.976. The normalized spacial score (nSPS) is 11.0. The molecule has 1 aromatic heterocycles. The minimum absolute atomic E-state index is 0.781. The van der Waals surface area contributed by atoms with E-state index in [0.717, 1.165) is 23.5 Å². The number of nitrogens with one attached hydrogen (secondary N) is 1. The number of fused-ring (bicyclic) bond motifs is 1. The van der Waals surface area contributed by atoms with Crippen LogP contribution < -0.4 is 5.32 Å². The molecule has 0 aliphatic carbocycles. The van der Waals surface area contributed by atoms with Gasteiger partial charge in [-0.3, -0.25) is 0 Å². The van der Waals surface area contributed by atoms with E-state index in [-0.39, 0.29) is 0 Å². The van der Waals surface area contributed by atoms with Crippen molar-refractivity contribution in [2.24, 2.45) is 0 Å². The van der Waals surface area contributed by atoms with Gasteiger partial charge in [0.25, 0.3) is 0 Å². The highest BCUT2D eigenvalue weighted by atomic mass is 35.5. The largest absolute Gasteiger partial charge is 0.319 e. The van der Waals surface area contributed by atoms with Crippen molar-refractivity contribution in [3.05, 3.63) is 28.1 Å². The van der Waals surface area contributed by atoms with Crippen molar-refractivity contribution in [1.29, 1.82) is 0 Å². The van der Waals surface area contributed by atoms with E-state index in [1.165, 1.54) is 10.3 Å². The summed E-state index contributed by atoms with van der Waals surface area (Å²) in [5.74, 6) is 0. The van der Waals surface area contributed by atoms with Crippen molar-refractivity contribution in [2.45, 2.75) is 6.42 Å². The highest BCUT2D eigenvalue weighted by molar-refractivity contribution is 7.07. The molecule has 0 radical (unpaired) electrons. The molecule has 0 fully saturated rings. The Hall–Kier alpha value is -0.640. The first-order valence-corrected chi connectivity index (χ1v) is 5.65. The molecule has 2 nitrogen and oxygen atoms in total. The lowest BCUT2D eigenvalue weighted by Gasteiger charge is -1.97. The molecule has 0 saturated heterocycles. The molecule has 0 atom stereocenters. The second-order valence-corrected chi connectivity index (χ2v) is 4.42. The van der Waals surface area contributed by atoms with E-state index in [9.17, 15) is 0 Å². The number of likely N-dealkylation sites (N-methyl/N-ethyl adjacent to an activating group) is 1. The average molecular weight is 227 g/mol. The summed E-state index contributed by atoms with van der Waals surface area (Å²) in [5.41, 5.74) is 1.05. The standard InChI is InChI=1S/C10H11ClN2S/c1-12-5-4-10-8-6-7(11)2-3-9(8)13-14-10/h2-3,6,12H,4-5H2,1H3. The van der Waals surface area contributed by atoms with E-state index in [0.29, 0.717) is 0 Å². The summed E-state index contributed by atoms with van der Waals surface area (Å²) in [4.78, 5) is 1.30. The molecule has 1 aromatic carbocycles. The van der Waals surface area contributed by atoms with Gasteiger partial charge in [-0.15, -0.1) is 0 Å². The lowest BCUT2D eigenvalue weighted by Crippen LogP contribution is -2.09. The first-order valence-electron chi connectivity index (χ1n) is 4.49. The molecular weight excluding hydrogens is 216 g/mol. The molecule has 1 N–H and O–H groups in total. The SMILES string of the molecule is CNCCc1snc2ccc(Cl)cc12. The van der Waals surface area contributed by atoms with Gasteiger partial charge in [0.15, 0.2) is 0 Å². The van der Waals surface area contributed by atoms with Gasteiger partial charge >= 0.3 is 0 Å². The van der Waals surface area contributed by atoms with Crippen molar-refractivity contribution in [2.75, 3.05) is 13.6 Å². The van der Waals surface area contributed by atoms with E-state index in [2.05, 4.69) is 9.69 Å². The third-order valence-electron chi connectivity index (χ3n) is 2.12. The zero-order chi connectivity index (χ0) is 9.97. The summed E-state index contributed by atoms with van der Waals surface area (Å²) < 4.78 is 4.37. The summed E-state index contributed by atoms with van der Waals surface area (Å²) in [7, 11) is 1.95. The number of hydrogen-bond acceptors (Lipinski definition) is 3. The molecule has 2 rings (SSSR count). The number of benzene rings is 1. The first kappa shape index (κ1) is 9.90. The molecule has 0 spiro atoms. The van der Waals surface area contributed by atoms with Crippen LogP contribution in [0.2, 0.25) is 5.02 Å². The highest BCUT2D eigenvalue weighted by Gasteiger charge is 2.05. The number of rotatable bonds is 3. The van der Waals surface area contributed by atoms with Crippen molar-refractivity contribution >= 4 is 34.0 Å². The monoisotopic (exact) mass is 226 g/mol. The number of halogens is 1. The van der Waals surface area contributed by atoms with Gasteiger partial charge in [0.05, 0.1) is 5.52 Å². The topological polar surface area (TPSA) is 24.9 Å². The van der Waals surface area contributed by atoms with Crippen molar-refractivity contribution in [3.8, 4) is 0 Å². The van der Waals surface area contributed by atoms with Gasteiger partial charge < -0.3 is 5.32 Å². The fraction of sp³-hybridized carbons (Fsp3) is 0.300. The molecule has 0 aliphatic heterocycles. The van der Waals surface area contributed by atoms with E-state index >= 15 is 0 Å². The molecule has 0 amide bonds. The van der Waals surface area contributed by atoms with Crippen LogP contribution in [0, 0.1) is 0 Å². The quantitative estimate of drug-likeness (QED) is 0.871. The molecular formula is C10H11ClN2S. The van der Waals surface area contributed by atoms with Gasteiger partial charge in [-0.1, -0.05) is 11.6 Å². The van der Waals surface area contributed by atoms with Crippen LogP contribution in [0.25, 0.3) is 10.9 Å². The maximum Gasteiger partial charge on any atom is 0.0844 e. The number of nitrogens with zero attached hydrogens (tertiary/aromatic N) is 1. The van der Waals surface area contributed by atoms with Gasteiger partial charge in [0, 0.05) is 15.3 Å². The Bertz CT molecular complexity index is 439. The minimum atomic E-state index is 0.781. The van der Waals surface area contributed by atoms with Crippen molar-refractivity contribution in [1.82, 2.24) is 9.69 Å². The first-order chi connectivity index (χ1) is 6.81. The Labute approximate surface area is 92.1 Å². The van der Waals surface area contributed by atoms with Gasteiger partial charge in [-0.2, -0.15) is 4.37 Å². The van der Waals surface area contributed by atoms with Crippen LogP contribution >= 0.6 is 23.1 Å². The minimum Gasteiger partial charge on any atom is -0.319 e. The van der Waals surface area contributed by atoms with Gasteiger partial charge in [-0.25, -0.2) is 0 Å². The summed E-state index contributed by atoms with van der Waals surface area (Å²) in [6, 6.07) is 5.84. The lowest BCUT2D eigenvalue weighted by molar-refractivity contribution is 0.801. The van der Waals surface area contributed by atoms with Crippen LogP contribution in [0.3, 0.4) is 0 Å². The summed E-state index contributed by atoms with van der Waals surface area (Å²) in [6.07, 6.45) is 1.01. The van der Waals surface area contributed by atoms with E-state index in [1.54, 1.807) is 11.5 Å². The van der Waals surface area contributed by atoms with Crippen LogP contribution in [0.4, 0.5) is 0 Å². The predicted octanol–water partition coefficient (Wildman–Crippen LogP) is 2.71. The van der Waals surface area contributed by atoms with E-state index in [1.807, 2.05) is 25.2 Å². The molecule has 74 valence electrons. The van der Waals surface area contributed by atoms with Crippen LogP contribution in [-0.2, 0) is 6.42 Å². The third kappa shape index (κ3) is 1.90. The zero-order valence-corrected chi connectivity index (χ0v) is 9.45. The molecule has 1 heterocycles. The Morgan fingerprint density at radius 2 is 2.36 bits per heavy atom. The van der Waals surface area contributed by atoms with Crippen LogP contribution in [-0.4, -0.2) is 18.0 Å². The maximum absolute atomic E-state index is 5.94. The molecule has 0 bridgehead atoms. The number of hydrogen-bond donors (Lipinski definition) is 1. The lowest BCUT2D eigenvalue weighted by atomic mass is 10.2. The summed E-state index contributed by atoms with van der Waals surface area (Å²) in [5, 5.41) is 5.10. The average Bonchev–Trinajstić information content (AvgIpc) is 2.57. The Morgan fingerprint density at radius 1 is 1.50 bits per heavy atom. The highest BCUT2D eigenvalue weighted by Crippen LogP contribution is 2.25.